The van der Waals surface area contributed by atoms with Crippen molar-refractivity contribution in [3.63, 3.8) is 0 Å². The van der Waals surface area contributed by atoms with Gasteiger partial charge in [-0.05, 0) is 36.6 Å². The number of benzene rings is 2. The van der Waals surface area contributed by atoms with Gasteiger partial charge in [0, 0.05) is 17.5 Å². The second kappa shape index (κ2) is 10.1. The molecule has 1 amide bonds. The maximum Gasteiger partial charge on any atom is 0.230 e. The average molecular weight is 441 g/mol. The van der Waals surface area contributed by atoms with Crippen LogP contribution in [0.3, 0.4) is 0 Å². The molecule has 1 N–H and O–H groups in total. The van der Waals surface area contributed by atoms with Crippen LogP contribution >= 0.6 is 23.4 Å². The van der Waals surface area contributed by atoms with E-state index in [1.807, 2.05) is 54.6 Å². The summed E-state index contributed by atoms with van der Waals surface area (Å²) in [5, 5.41) is 13.3. The molecule has 7 heteroatoms. The van der Waals surface area contributed by atoms with Crippen LogP contribution in [0, 0.1) is 0 Å². The number of nitrogens with zero attached hydrogens (tertiary/aromatic N) is 3. The Kier molecular flexibility index (Phi) is 7.07. The lowest BCUT2D eigenvalue weighted by atomic mass is 9.88. The lowest BCUT2D eigenvalue weighted by molar-refractivity contribution is -0.118. The number of aromatic nitrogens is 3. The van der Waals surface area contributed by atoms with Crippen LogP contribution in [0.5, 0.6) is 0 Å². The van der Waals surface area contributed by atoms with Crippen molar-refractivity contribution in [2.45, 2.75) is 49.7 Å². The maximum atomic E-state index is 12.4. The highest BCUT2D eigenvalue weighted by Crippen LogP contribution is 2.35. The molecule has 3 aromatic rings. The van der Waals surface area contributed by atoms with Crippen LogP contribution in [0.1, 0.15) is 49.4 Å². The molecule has 0 radical (unpaired) electrons. The molecule has 30 heavy (non-hydrogen) atoms. The summed E-state index contributed by atoms with van der Waals surface area (Å²) >= 11 is 7.66. The summed E-state index contributed by atoms with van der Waals surface area (Å²) < 4.78 is 2.08. The quantitative estimate of drug-likeness (QED) is 0.501. The van der Waals surface area contributed by atoms with Crippen molar-refractivity contribution in [1.29, 1.82) is 0 Å². The minimum absolute atomic E-state index is 0.0243. The van der Waals surface area contributed by atoms with Crippen molar-refractivity contribution >= 4 is 29.3 Å². The molecule has 1 saturated carbocycles. The monoisotopic (exact) mass is 440 g/mol. The number of nitrogens with one attached hydrogen (secondary N) is 1. The van der Waals surface area contributed by atoms with E-state index < -0.39 is 0 Å². The normalized spacial score (nSPS) is 14.6. The molecule has 1 fully saturated rings. The minimum atomic E-state index is -0.0243. The van der Waals surface area contributed by atoms with Crippen LogP contribution in [-0.2, 0) is 11.3 Å². The number of amides is 1. The van der Waals surface area contributed by atoms with Gasteiger partial charge >= 0.3 is 0 Å². The van der Waals surface area contributed by atoms with Gasteiger partial charge in [0.25, 0.3) is 0 Å². The zero-order valence-electron chi connectivity index (χ0n) is 16.8. The molecule has 0 spiro atoms. The van der Waals surface area contributed by atoms with E-state index in [2.05, 4.69) is 20.1 Å². The van der Waals surface area contributed by atoms with Gasteiger partial charge in [-0.25, -0.2) is 0 Å². The standard InChI is InChI=1S/C23H25ClN4OS/c24-19-12-7-13-20(14-19)28-22(18-10-5-2-6-11-18)26-27-23(28)30-16-21(29)25-15-17-8-3-1-4-9-17/h1,3-4,7-9,12-14,18H,2,5-6,10-11,15-16H2,(H,25,29). The van der Waals surface area contributed by atoms with Crippen LogP contribution in [0.2, 0.25) is 5.02 Å². The van der Waals surface area contributed by atoms with Crippen LogP contribution < -0.4 is 5.32 Å². The molecule has 5 nitrogen and oxygen atoms in total. The predicted octanol–water partition coefficient (Wildman–Crippen LogP) is 5.38. The Balaban J connectivity index is 1.49. The first-order valence-electron chi connectivity index (χ1n) is 10.4. The molecule has 1 heterocycles. The molecule has 0 aliphatic heterocycles. The molecular formula is C23H25ClN4OS. The fourth-order valence-electron chi connectivity index (χ4n) is 3.84. The largest absolute Gasteiger partial charge is 0.351 e. The number of thioether (sulfide) groups is 1. The van der Waals surface area contributed by atoms with Crippen molar-refractivity contribution < 1.29 is 4.79 Å². The molecule has 1 aliphatic rings. The fraction of sp³-hybridized carbons (Fsp3) is 0.348. The smallest absolute Gasteiger partial charge is 0.230 e. The zero-order valence-corrected chi connectivity index (χ0v) is 18.3. The van der Waals surface area contributed by atoms with Gasteiger partial charge < -0.3 is 5.32 Å². The van der Waals surface area contributed by atoms with E-state index in [1.165, 1.54) is 31.0 Å². The van der Waals surface area contributed by atoms with Crippen LogP contribution in [0.4, 0.5) is 0 Å². The Labute approximate surface area is 186 Å². The van der Waals surface area contributed by atoms with Gasteiger partial charge in [-0.15, -0.1) is 10.2 Å². The van der Waals surface area contributed by atoms with Crippen molar-refractivity contribution in [2.75, 3.05) is 5.75 Å². The Morgan fingerprint density at radius 2 is 1.87 bits per heavy atom. The molecule has 2 aromatic carbocycles. The number of carbonyl (C=O) groups is 1. The SMILES string of the molecule is O=C(CSc1nnc(C2CCCCC2)n1-c1cccc(Cl)c1)NCc1ccccc1. The lowest BCUT2D eigenvalue weighted by Crippen LogP contribution is -2.24. The summed E-state index contributed by atoms with van der Waals surface area (Å²) in [6, 6.07) is 17.6. The van der Waals surface area contributed by atoms with Crippen molar-refractivity contribution in [3.8, 4) is 5.69 Å². The minimum Gasteiger partial charge on any atom is -0.351 e. The first-order chi connectivity index (χ1) is 14.7. The highest BCUT2D eigenvalue weighted by molar-refractivity contribution is 7.99. The van der Waals surface area contributed by atoms with Crippen molar-refractivity contribution in [3.05, 3.63) is 71.0 Å². The lowest BCUT2D eigenvalue weighted by Gasteiger charge is -2.22. The zero-order chi connectivity index (χ0) is 20.8. The highest BCUT2D eigenvalue weighted by Gasteiger charge is 2.24. The number of hydrogen-bond donors (Lipinski definition) is 1. The van der Waals surface area contributed by atoms with Gasteiger partial charge in [-0.1, -0.05) is 79.0 Å². The molecule has 1 aliphatic carbocycles. The molecule has 0 unspecified atom stereocenters. The van der Waals surface area contributed by atoms with E-state index in [9.17, 15) is 4.79 Å². The summed E-state index contributed by atoms with van der Waals surface area (Å²) in [6.07, 6.45) is 5.97. The summed E-state index contributed by atoms with van der Waals surface area (Å²) in [4.78, 5) is 12.4. The van der Waals surface area contributed by atoms with E-state index >= 15 is 0 Å². The molecule has 0 saturated heterocycles. The summed E-state index contributed by atoms with van der Waals surface area (Å²) in [6.45, 7) is 0.522. The number of halogens is 1. The Hall–Kier alpha value is -2.31. The second-order valence-corrected chi connectivity index (χ2v) is 8.92. The second-order valence-electron chi connectivity index (χ2n) is 7.54. The van der Waals surface area contributed by atoms with E-state index in [-0.39, 0.29) is 11.7 Å². The van der Waals surface area contributed by atoms with Crippen molar-refractivity contribution in [2.24, 2.45) is 0 Å². The Morgan fingerprint density at radius 3 is 2.63 bits per heavy atom. The number of rotatable bonds is 7. The average Bonchev–Trinajstić information content (AvgIpc) is 3.21. The number of carbonyl (C=O) groups excluding carboxylic acids is 1. The fourth-order valence-corrected chi connectivity index (χ4v) is 4.81. The van der Waals surface area contributed by atoms with E-state index in [0.29, 0.717) is 17.5 Å². The van der Waals surface area contributed by atoms with Gasteiger partial charge in [0.15, 0.2) is 5.16 Å². The molecule has 1 aromatic heterocycles. The van der Waals surface area contributed by atoms with Crippen LogP contribution in [0.25, 0.3) is 5.69 Å². The predicted molar refractivity (Wildman–Crippen MR) is 121 cm³/mol. The third kappa shape index (κ3) is 5.24. The van der Waals surface area contributed by atoms with E-state index in [1.54, 1.807) is 0 Å². The molecular weight excluding hydrogens is 416 g/mol. The van der Waals surface area contributed by atoms with Gasteiger partial charge in [-0.2, -0.15) is 0 Å². The molecule has 0 atom stereocenters. The van der Waals surface area contributed by atoms with E-state index in [0.717, 1.165) is 35.1 Å². The van der Waals surface area contributed by atoms with Gasteiger partial charge in [0.05, 0.1) is 11.4 Å². The van der Waals surface area contributed by atoms with Crippen LogP contribution in [0.15, 0.2) is 59.8 Å². The summed E-state index contributed by atoms with van der Waals surface area (Å²) in [5.41, 5.74) is 2.03. The topological polar surface area (TPSA) is 59.8 Å². The molecule has 156 valence electrons. The van der Waals surface area contributed by atoms with Crippen molar-refractivity contribution in [1.82, 2.24) is 20.1 Å². The maximum absolute atomic E-state index is 12.4. The third-order valence-corrected chi connectivity index (χ3v) is 6.52. The third-order valence-electron chi connectivity index (χ3n) is 5.36. The van der Waals surface area contributed by atoms with Gasteiger partial charge in [-0.3, -0.25) is 9.36 Å². The summed E-state index contributed by atoms with van der Waals surface area (Å²) in [7, 11) is 0. The Morgan fingerprint density at radius 1 is 1.07 bits per heavy atom. The van der Waals surface area contributed by atoms with E-state index in [4.69, 9.17) is 11.6 Å². The first kappa shape index (κ1) is 20.9. The number of hydrogen-bond acceptors (Lipinski definition) is 4. The summed E-state index contributed by atoms with van der Waals surface area (Å²) in [5.74, 6) is 1.63. The highest BCUT2D eigenvalue weighted by atomic mass is 35.5. The first-order valence-corrected chi connectivity index (χ1v) is 11.7. The Bertz CT molecular complexity index is 986. The van der Waals surface area contributed by atoms with Gasteiger partial charge in [0.2, 0.25) is 5.91 Å². The molecule has 4 rings (SSSR count). The van der Waals surface area contributed by atoms with Gasteiger partial charge in [0.1, 0.15) is 5.82 Å². The molecule has 0 bridgehead atoms. The van der Waals surface area contributed by atoms with Crippen LogP contribution in [-0.4, -0.2) is 26.4 Å².